The number of benzene rings is 3. The molecule has 1 heterocycles. The van der Waals surface area contributed by atoms with Crippen molar-refractivity contribution >= 4 is 33.2 Å². The average molecular weight is 439 g/mol. The van der Waals surface area contributed by atoms with Crippen molar-refractivity contribution in [3.8, 4) is 11.5 Å². The van der Waals surface area contributed by atoms with Gasteiger partial charge in [-0.3, -0.25) is 9.69 Å². The second-order valence-corrected chi connectivity index (χ2v) is 7.14. The number of carbonyl (C=O) groups excluding carboxylic acids is 1. The van der Waals surface area contributed by atoms with Crippen LogP contribution in [0.15, 0.2) is 71.2 Å². The third-order valence-corrected chi connectivity index (χ3v) is 5.53. The van der Waals surface area contributed by atoms with Crippen LogP contribution >= 0.6 is 15.9 Å². The van der Waals surface area contributed by atoms with Crippen molar-refractivity contribution in [3.05, 3.63) is 82.3 Å². The number of methoxy groups -OCH3 is 2. The molecule has 0 fully saturated rings. The Hall–Kier alpha value is -2.99. The highest BCUT2D eigenvalue weighted by Gasteiger charge is 2.34. The minimum Gasteiger partial charge on any atom is -0.495 e. The molecule has 1 aliphatic rings. The van der Waals surface area contributed by atoms with Gasteiger partial charge in [0.1, 0.15) is 22.1 Å². The van der Waals surface area contributed by atoms with E-state index in [1.54, 1.807) is 19.1 Å². The number of nitrogens with zero attached hydrogens (tertiary/aromatic N) is 1. The molecule has 28 heavy (non-hydrogen) atoms. The highest BCUT2D eigenvalue weighted by molar-refractivity contribution is 9.10. The fourth-order valence-corrected chi connectivity index (χ4v) is 3.94. The fourth-order valence-electron chi connectivity index (χ4n) is 3.39. The van der Waals surface area contributed by atoms with Gasteiger partial charge in [0, 0.05) is 16.9 Å². The summed E-state index contributed by atoms with van der Waals surface area (Å²) in [6.45, 7) is 0. The molecule has 1 aliphatic heterocycles. The molecule has 1 unspecified atom stereocenters. The predicted molar refractivity (Wildman–Crippen MR) is 113 cm³/mol. The Labute approximate surface area is 172 Å². The van der Waals surface area contributed by atoms with Gasteiger partial charge in [0.15, 0.2) is 0 Å². The van der Waals surface area contributed by atoms with E-state index in [-0.39, 0.29) is 5.91 Å². The lowest BCUT2D eigenvalue weighted by molar-refractivity contribution is 0.0975. The lowest BCUT2D eigenvalue weighted by Crippen LogP contribution is -2.43. The summed E-state index contributed by atoms with van der Waals surface area (Å²) < 4.78 is 11.7. The molecule has 0 bridgehead atoms. The molecule has 6 heteroatoms. The van der Waals surface area contributed by atoms with Gasteiger partial charge in [-0.1, -0.05) is 30.3 Å². The van der Waals surface area contributed by atoms with Crippen molar-refractivity contribution in [3.63, 3.8) is 0 Å². The largest absolute Gasteiger partial charge is 0.495 e. The number of halogens is 1. The van der Waals surface area contributed by atoms with E-state index in [2.05, 4.69) is 21.2 Å². The van der Waals surface area contributed by atoms with Crippen molar-refractivity contribution in [1.29, 1.82) is 0 Å². The molecule has 0 aliphatic carbocycles. The maximum absolute atomic E-state index is 13.4. The number of nitrogens with one attached hydrogen (secondary N) is 1. The van der Waals surface area contributed by atoms with Crippen LogP contribution in [-0.4, -0.2) is 20.1 Å². The van der Waals surface area contributed by atoms with Gasteiger partial charge in [-0.15, -0.1) is 0 Å². The zero-order chi connectivity index (χ0) is 19.7. The summed E-state index contributed by atoms with van der Waals surface area (Å²) in [4.78, 5) is 15.1. The number of carbonyl (C=O) groups is 1. The molecule has 0 aromatic heterocycles. The molecule has 0 spiro atoms. The second-order valence-electron chi connectivity index (χ2n) is 6.34. The van der Waals surface area contributed by atoms with Crippen LogP contribution in [0.5, 0.6) is 11.5 Å². The molecular weight excluding hydrogens is 420 g/mol. The Morgan fingerprint density at radius 2 is 1.54 bits per heavy atom. The molecule has 1 N–H and O–H groups in total. The number of ether oxygens (including phenoxy) is 2. The normalized spacial score (nSPS) is 15.6. The molecule has 4 rings (SSSR count). The van der Waals surface area contributed by atoms with Crippen LogP contribution in [0.4, 0.5) is 11.4 Å². The number of hydrogen-bond donors (Lipinski definition) is 1. The smallest absolute Gasteiger partial charge is 0.262 e. The quantitative estimate of drug-likeness (QED) is 0.605. The second kappa shape index (κ2) is 7.56. The lowest BCUT2D eigenvalue weighted by atomic mass is 10.0. The number of fused-ring (bicyclic) bond motifs is 1. The van der Waals surface area contributed by atoms with Crippen molar-refractivity contribution in [2.24, 2.45) is 0 Å². The number of amides is 1. The zero-order valence-corrected chi connectivity index (χ0v) is 17.1. The van der Waals surface area contributed by atoms with E-state index < -0.39 is 6.17 Å². The zero-order valence-electron chi connectivity index (χ0n) is 15.5. The molecule has 1 atom stereocenters. The maximum atomic E-state index is 13.4. The molecule has 3 aromatic carbocycles. The Kier molecular flexibility index (Phi) is 4.96. The van der Waals surface area contributed by atoms with Crippen LogP contribution in [0.3, 0.4) is 0 Å². The van der Waals surface area contributed by atoms with E-state index in [9.17, 15) is 4.79 Å². The third kappa shape index (κ3) is 3.10. The molecule has 0 saturated heterocycles. The van der Waals surface area contributed by atoms with Crippen molar-refractivity contribution in [2.45, 2.75) is 6.17 Å². The average Bonchev–Trinajstić information content (AvgIpc) is 2.74. The topological polar surface area (TPSA) is 50.8 Å². The summed E-state index contributed by atoms with van der Waals surface area (Å²) in [5.41, 5.74) is 3.09. The van der Waals surface area contributed by atoms with Gasteiger partial charge in [-0.05, 0) is 52.3 Å². The van der Waals surface area contributed by atoms with Crippen LogP contribution in [0.1, 0.15) is 22.1 Å². The van der Waals surface area contributed by atoms with Gasteiger partial charge in [0.25, 0.3) is 5.91 Å². The van der Waals surface area contributed by atoms with Gasteiger partial charge in [0.05, 0.1) is 19.8 Å². The summed E-state index contributed by atoms with van der Waals surface area (Å²) >= 11 is 3.51. The molecule has 0 radical (unpaired) electrons. The van der Waals surface area contributed by atoms with Gasteiger partial charge in [-0.2, -0.15) is 0 Å². The molecule has 1 amide bonds. The lowest BCUT2D eigenvalue weighted by Gasteiger charge is -2.38. The Balaban J connectivity index is 1.90. The van der Waals surface area contributed by atoms with E-state index in [1.807, 2.05) is 66.7 Å². The SMILES string of the molecule is COc1cc(C2Nc3ccccc3C(=O)N2c2ccccc2)cc(OC)c1Br. The van der Waals surface area contributed by atoms with Crippen LogP contribution < -0.4 is 19.7 Å². The standard InChI is InChI=1S/C22H19BrN2O3/c1-27-18-12-14(13-19(28-2)20(18)23)21-24-17-11-7-6-10-16(17)22(26)25(21)15-8-4-3-5-9-15/h3-13,21,24H,1-2H3. The highest BCUT2D eigenvalue weighted by atomic mass is 79.9. The van der Waals surface area contributed by atoms with E-state index in [0.717, 1.165) is 21.4 Å². The first-order valence-electron chi connectivity index (χ1n) is 8.79. The Morgan fingerprint density at radius 1 is 0.929 bits per heavy atom. The minimum atomic E-state index is -0.416. The van der Waals surface area contributed by atoms with Crippen molar-refractivity contribution < 1.29 is 14.3 Å². The molecule has 0 saturated carbocycles. The molecular formula is C22H19BrN2O3. The third-order valence-electron chi connectivity index (χ3n) is 4.74. The summed E-state index contributed by atoms with van der Waals surface area (Å²) in [6, 6.07) is 21.0. The summed E-state index contributed by atoms with van der Waals surface area (Å²) in [6.07, 6.45) is -0.416. The number of anilines is 2. The number of hydrogen-bond acceptors (Lipinski definition) is 4. The molecule has 5 nitrogen and oxygen atoms in total. The van der Waals surface area contributed by atoms with E-state index in [0.29, 0.717) is 17.1 Å². The van der Waals surface area contributed by atoms with Crippen LogP contribution in [0.2, 0.25) is 0 Å². The molecule has 3 aromatic rings. The monoisotopic (exact) mass is 438 g/mol. The van der Waals surface area contributed by atoms with E-state index in [1.165, 1.54) is 0 Å². The fraction of sp³-hybridized carbons (Fsp3) is 0.136. The Bertz CT molecular complexity index is 998. The summed E-state index contributed by atoms with van der Waals surface area (Å²) in [7, 11) is 3.21. The van der Waals surface area contributed by atoms with Crippen LogP contribution in [0, 0.1) is 0 Å². The van der Waals surface area contributed by atoms with Gasteiger partial charge >= 0.3 is 0 Å². The van der Waals surface area contributed by atoms with Gasteiger partial charge in [0.2, 0.25) is 0 Å². The first kappa shape index (κ1) is 18.4. The van der Waals surface area contributed by atoms with E-state index in [4.69, 9.17) is 9.47 Å². The van der Waals surface area contributed by atoms with Crippen LogP contribution in [-0.2, 0) is 0 Å². The Morgan fingerprint density at radius 3 is 2.18 bits per heavy atom. The first-order chi connectivity index (χ1) is 13.6. The minimum absolute atomic E-state index is 0.0635. The first-order valence-corrected chi connectivity index (χ1v) is 9.59. The highest BCUT2D eigenvalue weighted by Crippen LogP contribution is 2.42. The van der Waals surface area contributed by atoms with Crippen molar-refractivity contribution in [1.82, 2.24) is 0 Å². The number of rotatable bonds is 4. The van der Waals surface area contributed by atoms with Gasteiger partial charge < -0.3 is 14.8 Å². The van der Waals surface area contributed by atoms with E-state index >= 15 is 0 Å². The maximum Gasteiger partial charge on any atom is 0.262 e. The van der Waals surface area contributed by atoms with Crippen molar-refractivity contribution in [2.75, 3.05) is 24.4 Å². The molecule has 142 valence electrons. The van der Waals surface area contributed by atoms with Gasteiger partial charge in [-0.25, -0.2) is 0 Å². The summed E-state index contributed by atoms with van der Waals surface area (Å²) in [5, 5.41) is 3.49. The summed E-state index contributed by atoms with van der Waals surface area (Å²) in [5.74, 6) is 1.21. The van der Waals surface area contributed by atoms with Crippen LogP contribution in [0.25, 0.3) is 0 Å². The predicted octanol–water partition coefficient (Wildman–Crippen LogP) is 5.24. The number of para-hydroxylation sites is 2.